The van der Waals surface area contributed by atoms with Crippen molar-refractivity contribution in [2.45, 2.75) is 63.5 Å². The Morgan fingerprint density at radius 3 is 2.24 bits per heavy atom. The van der Waals surface area contributed by atoms with Crippen LogP contribution in [0.25, 0.3) is 11.1 Å². The number of carbonyl (C=O) groups is 3. The number of aliphatic carboxylic acids is 1. The van der Waals surface area contributed by atoms with Crippen LogP contribution in [0.15, 0.2) is 48.5 Å². The van der Waals surface area contributed by atoms with Crippen LogP contribution in [-0.2, 0) is 14.3 Å². The van der Waals surface area contributed by atoms with Gasteiger partial charge in [0.15, 0.2) is 0 Å². The molecule has 180 valence electrons. The van der Waals surface area contributed by atoms with Crippen LogP contribution >= 0.6 is 0 Å². The third kappa shape index (κ3) is 5.58. The van der Waals surface area contributed by atoms with E-state index in [1.54, 1.807) is 0 Å². The number of nitrogens with one attached hydrogen (secondary N) is 2. The number of carboxylic acids is 1. The molecule has 2 aromatic rings. The zero-order valence-corrected chi connectivity index (χ0v) is 19.5. The van der Waals surface area contributed by atoms with E-state index in [4.69, 9.17) is 9.84 Å². The lowest BCUT2D eigenvalue weighted by Crippen LogP contribution is -2.46. The topological polar surface area (TPSA) is 105 Å². The Kier molecular flexibility index (Phi) is 7.50. The molecule has 0 spiro atoms. The smallest absolute Gasteiger partial charge is 0.407 e. The SMILES string of the molecule is CCC[C@H](CC(=O)O)NC(=O)CC1CC(NC(=O)OCC2c3ccccc3-c3ccccc32)C1. The molecule has 0 saturated heterocycles. The highest BCUT2D eigenvalue weighted by Gasteiger charge is 2.33. The van der Waals surface area contributed by atoms with Crippen molar-refractivity contribution >= 4 is 18.0 Å². The molecule has 1 saturated carbocycles. The van der Waals surface area contributed by atoms with Gasteiger partial charge in [-0.1, -0.05) is 61.9 Å². The number of benzene rings is 2. The van der Waals surface area contributed by atoms with E-state index in [0.29, 0.717) is 12.8 Å². The first-order valence-electron chi connectivity index (χ1n) is 12.1. The van der Waals surface area contributed by atoms with Crippen LogP contribution in [0.2, 0.25) is 0 Å². The second-order valence-electron chi connectivity index (χ2n) is 9.36. The summed E-state index contributed by atoms with van der Waals surface area (Å²) in [5.74, 6) is -0.817. The van der Waals surface area contributed by atoms with Crippen molar-refractivity contribution in [2.24, 2.45) is 5.92 Å². The maximum absolute atomic E-state index is 12.4. The maximum Gasteiger partial charge on any atom is 0.407 e. The average molecular weight is 465 g/mol. The summed E-state index contributed by atoms with van der Waals surface area (Å²) in [6.07, 6.45) is 2.75. The van der Waals surface area contributed by atoms with Crippen molar-refractivity contribution in [3.8, 4) is 11.1 Å². The first-order chi connectivity index (χ1) is 16.4. The summed E-state index contributed by atoms with van der Waals surface area (Å²) in [6, 6.07) is 16.1. The van der Waals surface area contributed by atoms with E-state index in [2.05, 4.69) is 34.9 Å². The Balaban J connectivity index is 1.20. The van der Waals surface area contributed by atoms with Gasteiger partial charge >= 0.3 is 12.1 Å². The lowest BCUT2D eigenvalue weighted by atomic mass is 9.78. The van der Waals surface area contributed by atoms with Gasteiger partial charge in [-0.25, -0.2) is 4.79 Å². The summed E-state index contributed by atoms with van der Waals surface area (Å²) >= 11 is 0. The molecule has 1 fully saturated rings. The van der Waals surface area contributed by atoms with Crippen LogP contribution in [0.1, 0.15) is 62.5 Å². The Bertz CT molecular complexity index is 1000. The molecule has 7 heteroatoms. The molecule has 7 nitrogen and oxygen atoms in total. The van der Waals surface area contributed by atoms with Gasteiger partial charge in [0.2, 0.25) is 5.91 Å². The Morgan fingerprint density at radius 2 is 1.65 bits per heavy atom. The van der Waals surface area contributed by atoms with Gasteiger partial charge < -0.3 is 20.5 Å². The van der Waals surface area contributed by atoms with Crippen molar-refractivity contribution < 1.29 is 24.2 Å². The molecule has 34 heavy (non-hydrogen) atoms. The van der Waals surface area contributed by atoms with Crippen LogP contribution in [-0.4, -0.2) is 41.8 Å². The van der Waals surface area contributed by atoms with Crippen LogP contribution in [0.4, 0.5) is 4.79 Å². The molecule has 0 radical (unpaired) electrons. The van der Waals surface area contributed by atoms with Crippen molar-refractivity contribution in [3.05, 3.63) is 59.7 Å². The second kappa shape index (κ2) is 10.7. The minimum atomic E-state index is -0.908. The first-order valence-corrected chi connectivity index (χ1v) is 12.1. The van der Waals surface area contributed by atoms with Crippen molar-refractivity contribution in [1.29, 1.82) is 0 Å². The Labute approximate surface area is 199 Å². The second-order valence-corrected chi connectivity index (χ2v) is 9.36. The zero-order valence-electron chi connectivity index (χ0n) is 19.5. The molecule has 2 aromatic carbocycles. The van der Waals surface area contributed by atoms with E-state index in [-0.39, 0.29) is 42.9 Å². The van der Waals surface area contributed by atoms with Gasteiger partial charge in [-0.15, -0.1) is 0 Å². The summed E-state index contributed by atoms with van der Waals surface area (Å²) < 4.78 is 5.59. The van der Waals surface area contributed by atoms with Crippen molar-refractivity contribution in [3.63, 3.8) is 0 Å². The van der Waals surface area contributed by atoms with Gasteiger partial charge in [0.05, 0.1) is 6.42 Å². The Morgan fingerprint density at radius 1 is 1.03 bits per heavy atom. The number of carbonyl (C=O) groups excluding carboxylic acids is 2. The lowest BCUT2D eigenvalue weighted by molar-refractivity contribution is -0.137. The molecule has 2 aliphatic rings. The van der Waals surface area contributed by atoms with Crippen LogP contribution in [0.3, 0.4) is 0 Å². The molecule has 4 rings (SSSR count). The molecule has 0 unspecified atom stereocenters. The van der Waals surface area contributed by atoms with Crippen LogP contribution < -0.4 is 10.6 Å². The maximum atomic E-state index is 12.4. The predicted molar refractivity (Wildman–Crippen MR) is 128 cm³/mol. The van der Waals surface area contributed by atoms with Crippen molar-refractivity contribution in [2.75, 3.05) is 6.61 Å². The molecule has 2 amide bonds. The fraction of sp³-hybridized carbons (Fsp3) is 0.444. The zero-order chi connectivity index (χ0) is 24.1. The summed E-state index contributed by atoms with van der Waals surface area (Å²) in [5.41, 5.74) is 4.74. The molecule has 0 bridgehead atoms. The normalized spacial score (nSPS) is 19.3. The predicted octanol–water partition coefficient (Wildman–Crippen LogP) is 4.45. The summed E-state index contributed by atoms with van der Waals surface area (Å²) in [4.78, 5) is 35.6. The lowest BCUT2D eigenvalue weighted by Gasteiger charge is -2.35. The van der Waals surface area contributed by atoms with Gasteiger partial charge in [0, 0.05) is 24.4 Å². The summed E-state index contributed by atoms with van der Waals surface area (Å²) in [6.45, 7) is 2.24. The third-order valence-electron chi connectivity index (χ3n) is 6.80. The van der Waals surface area contributed by atoms with Crippen molar-refractivity contribution in [1.82, 2.24) is 10.6 Å². The van der Waals surface area contributed by atoms with Crippen LogP contribution in [0, 0.1) is 5.92 Å². The highest BCUT2D eigenvalue weighted by atomic mass is 16.5. The minimum Gasteiger partial charge on any atom is -0.481 e. The van der Waals surface area contributed by atoms with E-state index < -0.39 is 12.1 Å². The van der Waals surface area contributed by atoms with Crippen LogP contribution in [0.5, 0.6) is 0 Å². The standard InChI is InChI=1S/C27H32N2O5/c1-2-7-18(15-26(31)32)28-25(30)14-17-12-19(13-17)29-27(33)34-16-24-22-10-5-3-8-20(22)21-9-4-6-11-23(21)24/h3-6,8-11,17-19,24H,2,7,12-16H2,1H3,(H,28,30)(H,29,33)(H,31,32)/t17?,18-,19?/m1/s1. The molecule has 0 aromatic heterocycles. The highest BCUT2D eigenvalue weighted by molar-refractivity contribution is 5.79. The molecule has 3 N–H and O–H groups in total. The average Bonchev–Trinajstić information content (AvgIpc) is 3.10. The molecular weight excluding hydrogens is 432 g/mol. The van der Waals surface area contributed by atoms with E-state index in [1.165, 1.54) is 22.3 Å². The van der Waals surface area contributed by atoms with E-state index in [1.807, 2.05) is 31.2 Å². The molecular formula is C27H32N2O5. The quantitative estimate of drug-likeness (QED) is 0.482. The third-order valence-corrected chi connectivity index (χ3v) is 6.80. The number of amides is 2. The fourth-order valence-corrected chi connectivity index (χ4v) is 5.16. The number of rotatable bonds is 10. The van der Waals surface area contributed by atoms with Gasteiger partial charge in [0.1, 0.15) is 6.61 Å². The first kappa shape index (κ1) is 23.8. The molecule has 2 aliphatic carbocycles. The number of fused-ring (bicyclic) bond motifs is 3. The van der Waals surface area contributed by atoms with E-state index >= 15 is 0 Å². The number of carboxylic acid groups (broad SMARTS) is 1. The fourth-order valence-electron chi connectivity index (χ4n) is 5.16. The highest BCUT2D eigenvalue weighted by Crippen LogP contribution is 2.44. The van der Waals surface area contributed by atoms with Gasteiger partial charge in [-0.05, 0) is 47.4 Å². The number of ether oxygens (including phenoxy) is 1. The molecule has 1 atom stereocenters. The number of hydrogen-bond acceptors (Lipinski definition) is 4. The molecule has 0 heterocycles. The Hall–Kier alpha value is -3.35. The number of hydrogen-bond donors (Lipinski definition) is 3. The largest absolute Gasteiger partial charge is 0.481 e. The summed E-state index contributed by atoms with van der Waals surface area (Å²) in [5, 5.41) is 14.7. The molecule has 0 aliphatic heterocycles. The number of alkyl carbamates (subject to hydrolysis) is 1. The van der Waals surface area contributed by atoms with Gasteiger partial charge in [0.25, 0.3) is 0 Å². The van der Waals surface area contributed by atoms with E-state index in [0.717, 1.165) is 19.3 Å². The van der Waals surface area contributed by atoms with Gasteiger partial charge in [-0.2, -0.15) is 0 Å². The van der Waals surface area contributed by atoms with E-state index in [9.17, 15) is 14.4 Å². The summed E-state index contributed by atoms with van der Waals surface area (Å²) in [7, 11) is 0. The van der Waals surface area contributed by atoms with Gasteiger partial charge in [-0.3, -0.25) is 9.59 Å². The minimum absolute atomic E-state index is 0.00101. The monoisotopic (exact) mass is 464 g/mol.